The van der Waals surface area contributed by atoms with E-state index in [2.05, 4.69) is 4.90 Å². The van der Waals surface area contributed by atoms with Crippen LogP contribution in [0.2, 0.25) is 0 Å². The number of carbonyl (C=O) groups is 1. The fourth-order valence-electron chi connectivity index (χ4n) is 4.93. The van der Waals surface area contributed by atoms with Gasteiger partial charge in [0, 0.05) is 26.2 Å². The molecule has 3 aliphatic heterocycles. The van der Waals surface area contributed by atoms with Crippen molar-refractivity contribution in [2.45, 2.75) is 38.5 Å². The number of anilines is 1. The Balaban J connectivity index is 1.40. The van der Waals surface area contributed by atoms with Gasteiger partial charge in [0.25, 0.3) is 0 Å². The number of aliphatic imine (C=N–C) groups is 2. The van der Waals surface area contributed by atoms with E-state index in [4.69, 9.17) is 19.5 Å². The topological polar surface area (TPSA) is 66.7 Å². The third-order valence-corrected chi connectivity index (χ3v) is 7.98. The van der Waals surface area contributed by atoms with Crippen LogP contribution in [0.5, 0.6) is 5.75 Å². The van der Waals surface area contributed by atoms with Crippen LogP contribution in [0.1, 0.15) is 38.5 Å². The van der Waals surface area contributed by atoms with Crippen LogP contribution in [0.15, 0.2) is 44.7 Å². The van der Waals surface area contributed by atoms with Gasteiger partial charge in [0.2, 0.25) is 11.9 Å². The van der Waals surface area contributed by atoms with Gasteiger partial charge in [0.15, 0.2) is 0 Å². The van der Waals surface area contributed by atoms with Crippen molar-refractivity contribution in [2.24, 2.45) is 15.9 Å². The number of methoxy groups -OCH3 is 1. The summed E-state index contributed by atoms with van der Waals surface area (Å²) < 4.78 is 10.7. The third kappa shape index (κ3) is 4.88. The lowest BCUT2D eigenvalue weighted by Gasteiger charge is -2.30. The van der Waals surface area contributed by atoms with E-state index in [0.29, 0.717) is 12.5 Å². The van der Waals surface area contributed by atoms with Crippen molar-refractivity contribution in [1.82, 2.24) is 4.90 Å². The standard InChI is InChI=1S/C25H32N4O3S/c1-31-19-10-8-18(9-11-19)29-24(30)22-20-6-3-2-4-7-21(20)33-23(22)27-25(29)26-12-5-13-28-14-16-32-17-15-28/h8-11,22H,2-7,12-17H2,1H3. The minimum atomic E-state index is -0.238. The van der Waals surface area contributed by atoms with E-state index in [-0.39, 0.29) is 11.8 Å². The molecule has 1 fully saturated rings. The Hall–Kier alpha value is -2.16. The molecule has 0 spiro atoms. The fourth-order valence-corrected chi connectivity index (χ4v) is 6.27. The van der Waals surface area contributed by atoms with E-state index in [1.807, 2.05) is 24.3 Å². The van der Waals surface area contributed by atoms with E-state index in [1.165, 1.54) is 23.3 Å². The summed E-state index contributed by atoms with van der Waals surface area (Å²) in [6.07, 6.45) is 6.59. The highest BCUT2D eigenvalue weighted by atomic mass is 32.2. The molecule has 0 bridgehead atoms. The molecular formula is C25H32N4O3S. The molecule has 1 aromatic rings. The van der Waals surface area contributed by atoms with Gasteiger partial charge in [-0.15, -0.1) is 0 Å². The van der Waals surface area contributed by atoms with E-state index >= 15 is 0 Å². The molecule has 176 valence electrons. The average molecular weight is 469 g/mol. The van der Waals surface area contributed by atoms with Crippen LogP contribution in [0.4, 0.5) is 5.69 Å². The number of benzene rings is 1. The van der Waals surface area contributed by atoms with Crippen molar-refractivity contribution in [3.8, 4) is 5.75 Å². The normalized spacial score (nSPS) is 25.1. The van der Waals surface area contributed by atoms with Crippen LogP contribution >= 0.6 is 11.8 Å². The second-order valence-electron chi connectivity index (χ2n) is 8.86. The molecule has 0 radical (unpaired) electrons. The molecule has 8 heteroatoms. The average Bonchev–Trinajstić information content (AvgIpc) is 3.04. The Bertz CT molecular complexity index is 966. The second-order valence-corrected chi connectivity index (χ2v) is 9.97. The molecule has 3 heterocycles. The highest BCUT2D eigenvalue weighted by molar-refractivity contribution is 8.17. The van der Waals surface area contributed by atoms with Gasteiger partial charge >= 0.3 is 0 Å². The smallest absolute Gasteiger partial charge is 0.247 e. The molecule has 5 rings (SSSR count). The molecule has 1 atom stereocenters. The minimum absolute atomic E-state index is 0.0801. The van der Waals surface area contributed by atoms with Crippen molar-refractivity contribution >= 4 is 34.4 Å². The number of amides is 1. The molecule has 1 saturated heterocycles. The molecule has 1 unspecified atom stereocenters. The van der Waals surface area contributed by atoms with Crippen molar-refractivity contribution in [3.63, 3.8) is 0 Å². The molecule has 7 nitrogen and oxygen atoms in total. The highest BCUT2D eigenvalue weighted by Crippen LogP contribution is 2.47. The van der Waals surface area contributed by atoms with E-state index in [9.17, 15) is 4.79 Å². The predicted octanol–water partition coefficient (Wildman–Crippen LogP) is 4.10. The maximum absolute atomic E-state index is 13.9. The minimum Gasteiger partial charge on any atom is -0.497 e. The van der Waals surface area contributed by atoms with Crippen LogP contribution in [-0.4, -0.2) is 68.3 Å². The number of carbonyl (C=O) groups excluding carboxylic acids is 1. The van der Waals surface area contributed by atoms with Gasteiger partial charge < -0.3 is 9.47 Å². The van der Waals surface area contributed by atoms with Crippen LogP contribution in [-0.2, 0) is 9.53 Å². The van der Waals surface area contributed by atoms with Crippen LogP contribution < -0.4 is 9.64 Å². The SMILES string of the molecule is COc1ccc(N2C(=O)C3C(=NC2=NCCCN2CCOCC2)SC2=C3CCCCC2)cc1. The summed E-state index contributed by atoms with van der Waals surface area (Å²) in [6, 6.07) is 7.62. The first-order valence-electron chi connectivity index (χ1n) is 12.1. The zero-order valence-electron chi connectivity index (χ0n) is 19.3. The largest absolute Gasteiger partial charge is 0.497 e. The maximum atomic E-state index is 13.9. The molecule has 4 aliphatic rings. The van der Waals surface area contributed by atoms with Gasteiger partial charge in [-0.25, -0.2) is 9.89 Å². The van der Waals surface area contributed by atoms with E-state index in [0.717, 1.165) is 75.0 Å². The first kappa shape index (κ1) is 22.6. The number of ether oxygens (including phenoxy) is 2. The van der Waals surface area contributed by atoms with Crippen molar-refractivity contribution in [3.05, 3.63) is 34.7 Å². The Labute approximate surface area is 199 Å². The zero-order chi connectivity index (χ0) is 22.6. The summed E-state index contributed by atoms with van der Waals surface area (Å²) >= 11 is 1.72. The lowest BCUT2D eigenvalue weighted by molar-refractivity contribution is -0.118. The summed E-state index contributed by atoms with van der Waals surface area (Å²) in [5, 5.41) is 0.920. The van der Waals surface area contributed by atoms with Crippen LogP contribution in [0.25, 0.3) is 0 Å². The molecule has 1 aromatic carbocycles. The summed E-state index contributed by atoms with van der Waals surface area (Å²) in [5.74, 6) is 1.12. The van der Waals surface area contributed by atoms with Gasteiger partial charge in [-0.2, -0.15) is 0 Å². The number of fused-ring (bicyclic) bond motifs is 2. The zero-order valence-corrected chi connectivity index (χ0v) is 20.1. The molecular weight excluding hydrogens is 436 g/mol. The van der Waals surface area contributed by atoms with Gasteiger partial charge in [-0.3, -0.25) is 14.7 Å². The Morgan fingerprint density at radius 2 is 1.94 bits per heavy atom. The first-order chi connectivity index (χ1) is 16.2. The third-order valence-electron chi connectivity index (χ3n) is 6.73. The first-order valence-corrected chi connectivity index (χ1v) is 12.9. The fraction of sp³-hybridized carbons (Fsp3) is 0.560. The number of morpholine rings is 1. The number of allylic oxidation sites excluding steroid dienone is 1. The number of nitrogens with zero attached hydrogens (tertiary/aromatic N) is 4. The van der Waals surface area contributed by atoms with Gasteiger partial charge in [0.1, 0.15) is 11.7 Å². The number of hydrogen-bond acceptors (Lipinski definition) is 6. The number of thioether (sulfide) groups is 1. The molecule has 1 amide bonds. The van der Waals surface area contributed by atoms with Crippen LogP contribution in [0.3, 0.4) is 0 Å². The molecule has 33 heavy (non-hydrogen) atoms. The summed E-state index contributed by atoms with van der Waals surface area (Å²) in [4.78, 5) is 29.2. The molecule has 0 saturated carbocycles. The maximum Gasteiger partial charge on any atom is 0.247 e. The summed E-state index contributed by atoms with van der Waals surface area (Å²) in [5.41, 5.74) is 2.09. The number of hydrogen-bond donors (Lipinski definition) is 0. The quantitative estimate of drug-likeness (QED) is 0.588. The van der Waals surface area contributed by atoms with Gasteiger partial charge in [0.05, 0.1) is 31.1 Å². The lowest BCUT2D eigenvalue weighted by atomic mass is 9.93. The lowest BCUT2D eigenvalue weighted by Crippen LogP contribution is -2.46. The second kappa shape index (κ2) is 10.4. The van der Waals surface area contributed by atoms with Gasteiger partial charge in [-0.1, -0.05) is 18.2 Å². The van der Waals surface area contributed by atoms with Crippen molar-refractivity contribution in [2.75, 3.05) is 51.4 Å². The summed E-state index contributed by atoms with van der Waals surface area (Å²) in [6.45, 7) is 5.19. The van der Waals surface area contributed by atoms with Crippen molar-refractivity contribution < 1.29 is 14.3 Å². The van der Waals surface area contributed by atoms with Crippen LogP contribution in [0, 0.1) is 5.92 Å². The molecule has 0 aromatic heterocycles. The molecule has 1 aliphatic carbocycles. The number of rotatable bonds is 6. The van der Waals surface area contributed by atoms with Crippen molar-refractivity contribution in [1.29, 1.82) is 0 Å². The number of guanidine groups is 1. The van der Waals surface area contributed by atoms with Gasteiger partial charge in [-0.05, 0) is 66.8 Å². The Morgan fingerprint density at radius 1 is 1.15 bits per heavy atom. The van der Waals surface area contributed by atoms with E-state index < -0.39 is 0 Å². The Kier molecular flexibility index (Phi) is 7.13. The monoisotopic (exact) mass is 468 g/mol. The molecule has 0 N–H and O–H groups in total. The Morgan fingerprint density at radius 3 is 2.73 bits per heavy atom. The van der Waals surface area contributed by atoms with E-state index in [1.54, 1.807) is 23.8 Å². The summed E-state index contributed by atoms with van der Waals surface area (Å²) in [7, 11) is 1.65. The highest BCUT2D eigenvalue weighted by Gasteiger charge is 2.44. The predicted molar refractivity (Wildman–Crippen MR) is 133 cm³/mol.